The van der Waals surface area contributed by atoms with Crippen molar-refractivity contribution in [3.63, 3.8) is 0 Å². The molecule has 0 aliphatic carbocycles. The Morgan fingerprint density at radius 1 is 1.45 bits per heavy atom. The van der Waals surface area contributed by atoms with Crippen molar-refractivity contribution in [1.29, 1.82) is 0 Å². The van der Waals surface area contributed by atoms with Crippen molar-refractivity contribution in [1.82, 2.24) is 20.0 Å². The largest absolute Gasteiger partial charge is 0.259 e. The fraction of sp³-hybridized carbons (Fsp3) is 0.286. The lowest BCUT2D eigenvalue weighted by Gasteiger charge is -1.91. The molecule has 0 aliphatic heterocycles. The van der Waals surface area contributed by atoms with Gasteiger partial charge in [0.15, 0.2) is 0 Å². The molecule has 0 amide bonds. The van der Waals surface area contributed by atoms with E-state index in [2.05, 4.69) is 15.3 Å². The molecule has 0 saturated heterocycles. The molecule has 56 valence electrons. The Kier molecular flexibility index (Phi) is 1.15. The average molecular weight is 148 g/mol. The van der Waals surface area contributed by atoms with Crippen LogP contribution in [-0.4, -0.2) is 20.0 Å². The minimum absolute atomic E-state index is 0.884. The Morgan fingerprint density at radius 3 is 3.00 bits per heavy atom. The van der Waals surface area contributed by atoms with Crippen LogP contribution in [0.2, 0.25) is 0 Å². The Hall–Kier alpha value is -1.45. The SMILES string of the molecule is Cc1nccc2c1nnn2C. The smallest absolute Gasteiger partial charge is 0.134 e. The molecule has 0 aliphatic rings. The van der Waals surface area contributed by atoms with Crippen LogP contribution < -0.4 is 0 Å². The summed E-state index contributed by atoms with van der Waals surface area (Å²) in [6.07, 6.45) is 1.76. The van der Waals surface area contributed by atoms with Crippen molar-refractivity contribution in [2.45, 2.75) is 6.92 Å². The lowest BCUT2D eigenvalue weighted by molar-refractivity contribution is 0.736. The van der Waals surface area contributed by atoms with Gasteiger partial charge in [-0.15, -0.1) is 5.10 Å². The quantitative estimate of drug-likeness (QED) is 0.551. The summed E-state index contributed by atoms with van der Waals surface area (Å²) in [7, 11) is 1.87. The van der Waals surface area contributed by atoms with Gasteiger partial charge in [-0.3, -0.25) is 4.98 Å². The van der Waals surface area contributed by atoms with E-state index in [9.17, 15) is 0 Å². The van der Waals surface area contributed by atoms with Crippen LogP contribution in [0.15, 0.2) is 12.3 Å². The summed E-state index contributed by atoms with van der Waals surface area (Å²) >= 11 is 0. The van der Waals surface area contributed by atoms with Crippen LogP contribution in [0.25, 0.3) is 11.0 Å². The number of pyridine rings is 1. The molecule has 2 heterocycles. The monoisotopic (exact) mass is 148 g/mol. The van der Waals surface area contributed by atoms with E-state index >= 15 is 0 Å². The molecule has 2 aromatic rings. The maximum Gasteiger partial charge on any atom is 0.134 e. The standard InChI is InChI=1S/C7H8N4/c1-5-7-6(3-4-8-5)11(2)10-9-7/h3-4H,1-2H3. The highest BCUT2D eigenvalue weighted by Crippen LogP contribution is 2.10. The molecule has 2 aromatic heterocycles. The van der Waals surface area contributed by atoms with Gasteiger partial charge < -0.3 is 0 Å². The molecule has 0 N–H and O–H groups in total. The Morgan fingerprint density at radius 2 is 2.27 bits per heavy atom. The summed E-state index contributed by atoms with van der Waals surface area (Å²) < 4.78 is 1.74. The van der Waals surface area contributed by atoms with Gasteiger partial charge in [0.05, 0.1) is 11.2 Å². The van der Waals surface area contributed by atoms with Gasteiger partial charge in [-0.2, -0.15) is 0 Å². The molecule has 4 nitrogen and oxygen atoms in total. The average Bonchev–Trinajstić information content (AvgIpc) is 2.35. The number of aryl methyl sites for hydroxylation is 2. The fourth-order valence-electron chi connectivity index (χ4n) is 1.09. The zero-order valence-electron chi connectivity index (χ0n) is 6.44. The molecule has 0 fully saturated rings. The molecule has 0 atom stereocenters. The van der Waals surface area contributed by atoms with Gasteiger partial charge in [0.1, 0.15) is 5.52 Å². The van der Waals surface area contributed by atoms with E-state index in [4.69, 9.17) is 0 Å². The van der Waals surface area contributed by atoms with Gasteiger partial charge in [0.2, 0.25) is 0 Å². The van der Waals surface area contributed by atoms with Crippen molar-refractivity contribution in [2.24, 2.45) is 7.05 Å². The summed E-state index contributed by atoms with van der Waals surface area (Å²) in [6, 6.07) is 1.91. The zero-order valence-corrected chi connectivity index (χ0v) is 6.44. The van der Waals surface area contributed by atoms with Crippen molar-refractivity contribution >= 4 is 11.0 Å². The van der Waals surface area contributed by atoms with E-state index in [-0.39, 0.29) is 0 Å². The zero-order chi connectivity index (χ0) is 7.84. The first-order valence-corrected chi connectivity index (χ1v) is 3.40. The van der Waals surface area contributed by atoms with Gasteiger partial charge in [0.25, 0.3) is 0 Å². The number of fused-ring (bicyclic) bond motifs is 1. The van der Waals surface area contributed by atoms with Crippen LogP contribution in [0.5, 0.6) is 0 Å². The summed E-state index contributed by atoms with van der Waals surface area (Å²) in [4.78, 5) is 4.10. The highest BCUT2D eigenvalue weighted by Gasteiger charge is 2.02. The highest BCUT2D eigenvalue weighted by molar-refractivity contribution is 5.75. The van der Waals surface area contributed by atoms with Gasteiger partial charge in [-0.1, -0.05) is 5.21 Å². The Bertz CT molecular complexity index is 390. The van der Waals surface area contributed by atoms with Crippen LogP contribution in [0, 0.1) is 6.92 Å². The van der Waals surface area contributed by atoms with Crippen LogP contribution >= 0.6 is 0 Å². The number of hydrogen-bond donors (Lipinski definition) is 0. The Labute approximate surface area is 63.9 Å². The third-order valence-corrected chi connectivity index (χ3v) is 1.71. The van der Waals surface area contributed by atoms with Gasteiger partial charge in [-0.05, 0) is 13.0 Å². The first-order valence-electron chi connectivity index (χ1n) is 3.40. The predicted octanol–water partition coefficient (Wildman–Crippen LogP) is 0.672. The van der Waals surface area contributed by atoms with Gasteiger partial charge >= 0.3 is 0 Å². The molecule has 4 heteroatoms. The molecule has 0 spiro atoms. The summed E-state index contributed by atoms with van der Waals surface area (Å²) in [5.74, 6) is 0. The van der Waals surface area contributed by atoms with E-state index in [0.29, 0.717) is 0 Å². The maximum absolute atomic E-state index is 4.10. The topological polar surface area (TPSA) is 43.6 Å². The molecule has 11 heavy (non-hydrogen) atoms. The first kappa shape index (κ1) is 6.27. The second-order valence-electron chi connectivity index (χ2n) is 2.48. The van der Waals surface area contributed by atoms with Crippen molar-refractivity contribution in [2.75, 3.05) is 0 Å². The molecule has 0 saturated carbocycles. The number of hydrogen-bond acceptors (Lipinski definition) is 3. The second kappa shape index (κ2) is 2.02. The summed E-state index contributed by atoms with van der Waals surface area (Å²) in [6.45, 7) is 1.93. The van der Waals surface area contributed by atoms with E-state index in [1.807, 2.05) is 20.0 Å². The molecule has 0 unspecified atom stereocenters. The van der Waals surface area contributed by atoms with Crippen LogP contribution in [0.1, 0.15) is 5.69 Å². The van der Waals surface area contributed by atoms with Gasteiger partial charge in [-0.25, -0.2) is 4.68 Å². The fourth-order valence-corrected chi connectivity index (χ4v) is 1.09. The number of aromatic nitrogens is 4. The highest BCUT2D eigenvalue weighted by atomic mass is 15.4. The van der Waals surface area contributed by atoms with Crippen LogP contribution in [-0.2, 0) is 7.05 Å². The molecular formula is C7H8N4. The van der Waals surface area contributed by atoms with E-state index < -0.39 is 0 Å². The van der Waals surface area contributed by atoms with E-state index in [1.165, 1.54) is 0 Å². The predicted molar refractivity (Wildman–Crippen MR) is 41.0 cm³/mol. The first-order chi connectivity index (χ1) is 5.29. The summed E-state index contributed by atoms with van der Waals surface area (Å²) in [5, 5.41) is 7.85. The third kappa shape index (κ3) is 0.790. The molecular weight excluding hydrogens is 140 g/mol. The van der Waals surface area contributed by atoms with Crippen LogP contribution in [0.4, 0.5) is 0 Å². The number of rotatable bonds is 0. The summed E-state index contributed by atoms with van der Waals surface area (Å²) in [5.41, 5.74) is 2.84. The normalized spacial score (nSPS) is 10.7. The lowest BCUT2D eigenvalue weighted by Crippen LogP contribution is -1.89. The molecule has 2 rings (SSSR count). The van der Waals surface area contributed by atoms with E-state index in [0.717, 1.165) is 16.7 Å². The van der Waals surface area contributed by atoms with Crippen LogP contribution in [0.3, 0.4) is 0 Å². The second-order valence-corrected chi connectivity index (χ2v) is 2.48. The minimum Gasteiger partial charge on any atom is -0.259 e. The Balaban J connectivity index is 2.94. The van der Waals surface area contributed by atoms with Crippen molar-refractivity contribution in [3.05, 3.63) is 18.0 Å². The maximum atomic E-state index is 4.10. The lowest BCUT2D eigenvalue weighted by atomic mass is 10.3. The molecule has 0 radical (unpaired) electrons. The van der Waals surface area contributed by atoms with E-state index in [1.54, 1.807) is 10.9 Å². The van der Waals surface area contributed by atoms with Gasteiger partial charge in [0, 0.05) is 13.2 Å². The molecule has 0 aromatic carbocycles. The minimum atomic E-state index is 0.884. The van der Waals surface area contributed by atoms with Crippen molar-refractivity contribution in [3.8, 4) is 0 Å². The molecule has 0 bridgehead atoms. The third-order valence-electron chi connectivity index (χ3n) is 1.71. The van der Waals surface area contributed by atoms with Crippen molar-refractivity contribution < 1.29 is 0 Å². The number of nitrogens with zero attached hydrogens (tertiary/aromatic N) is 4.